The van der Waals surface area contributed by atoms with Gasteiger partial charge in [0.1, 0.15) is 0 Å². The van der Waals surface area contributed by atoms with Crippen LogP contribution in [0.2, 0.25) is 0 Å². The van der Waals surface area contributed by atoms with Crippen LogP contribution in [0.15, 0.2) is 30.3 Å². The van der Waals surface area contributed by atoms with Gasteiger partial charge in [-0.2, -0.15) is 0 Å². The maximum Gasteiger partial charge on any atom is 0.0881 e. The molecule has 11 heavy (non-hydrogen) atoms. The maximum atomic E-state index is 8.09. The molecule has 0 aliphatic heterocycles. The van der Waals surface area contributed by atoms with Gasteiger partial charge in [0.05, 0.1) is 3.23 Å². The van der Waals surface area contributed by atoms with Gasteiger partial charge in [-0.05, 0) is 12.0 Å². The number of hydrogen-bond donors (Lipinski definition) is 0. The minimum absolute atomic E-state index is 0.200. The van der Waals surface area contributed by atoms with Crippen molar-refractivity contribution >= 4 is 31.9 Å². The molecule has 1 fully saturated rings. The van der Waals surface area contributed by atoms with E-state index in [9.17, 15) is 0 Å². The van der Waals surface area contributed by atoms with Crippen LogP contribution in [0, 0.1) is 0 Å². The fourth-order valence-electron chi connectivity index (χ4n) is 1.13. The van der Waals surface area contributed by atoms with Crippen molar-refractivity contribution in [3.8, 4) is 0 Å². The zero-order valence-corrected chi connectivity index (χ0v) is 9.02. The van der Waals surface area contributed by atoms with Crippen LogP contribution in [0.1, 0.15) is 19.2 Å². The van der Waals surface area contributed by atoms with Gasteiger partial charge in [-0.15, -0.1) is 0 Å². The molecule has 2 rings (SSSR count). The summed E-state index contributed by atoms with van der Waals surface area (Å²) in [4.78, 5) is 0. The molecule has 58 valence electrons. The Labute approximate surface area is 84.7 Å². The molecular weight excluding hydrogens is 268 g/mol. The summed E-state index contributed by atoms with van der Waals surface area (Å²) in [6, 6.07) is 9.91. The summed E-state index contributed by atoms with van der Waals surface area (Å²) in [5.41, 5.74) is 1.07. The second-order valence-corrected chi connectivity index (χ2v) is 6.50. The smallest absolute Gasteiger partial charge is 0.0720 e. The van der Waals surface area contributed by atoms with E-state index in [0.29, 0.717) is 0 Å². The van der Waals surface area contributed by atoms with Crippen molar-refractivity contribution in [2.24, 2.45) is 0 Å². The molecule has 0 saturated heterocycles. The zero-order valence-electron chi connectivity index (χ0n) is 6.85. The highest BCUT2D eigenvalue weighted by Crippen LogP contribution is 2.62. The Hall–Kier alpha value is 0.180. The Balaban J connectivity index is 2.35. The molecule has 0 nitrogen and oxygen atoms in total. The number of benzene rings is 1. The van der Waals surface area contributed by atoms with Crippen LogP contribution < -0.4 is 0 Å². The average molecular weight is 277 g/mol. The molecule has 1 unspecified atom stereocenters. The van der Waals surface area contributed by atoms with Gasteiger partial charge >= 0.3 is 0 Å². The standard InChI is InChI=1S/C9H8Br2/c10-9(11)6-8(9)7-4-2-1-3-5-7/h1-5,8H,6H2/i8D. The predicted molar refractivity (Wildman–Crippen MR) is 54.4 cm³/mol. The van der Waals surface area contributed by atoms with Gasteiger partial charge in [-0.3, -0.25) is 0 Å². The third-order valence-corrected chi connectivity index (χ3v) is 3.36. The molecule has 1 saturated carbocycles. The summed E-state index contributed by atoms with van der Waals surface area (Å²) in [6.07, 6.45) is 0.823. The SMILES string of the molecule is [2H]C1(c2ccccc2)CC1(Br)Br. The van der Waals surface area contributed by atoms with E-state index >= 15 is 0 Å². The summed E-state index contributed by atoms with van der Waals surface area (Å²) >= 11 is 6.95. The van der Waals surface area contributed by atoms with Crippen molar-refractivity contribution in [3.05, 3.63) is 35.9 Å². The summed E-state index contributed by atoms with van der Waals surface area (Å²) < 4.78 is 7.89. The predicted octanol–water partition coefficient (Wildman–Crippen LogP) is 3.66. The molecule has 0 spiro atoms. The maximum absolute atomic E-state index is 8.09. The van der Waals surface area contributed by atoms with Gasteiger partial charge < -0.3 is 0 Å². The largest absolute Gasteiger partial charge is 0.0881 e. The average Bonchev–Trinajstić information content (AvgIpc) is 2.55. The van der Waals surface area contributed by atoms with Crippen LogP contribution >= 0.6 is 31.9 Å². The summed E-state index contributed by atoms with van der Waals surface area (Å²) in [7, 11) is 0. The van der Waals surface area contributed by atoms with E-state index in [1.807, 2.05) is 30.3 Å². The molecule has 1 aromatic carbocycles. The molecular formula is C9H8Br2. The zero-order chi connectivity index (χ0) is 8.82. The molecule has 0 aromatic heterocycles. The third kappa shape index (κ3) is 1.52. The second kappa shape index (κ2) is 2.60. The van der Waals surface area contributed by atoms with E-state index < -0.39 is 5.89 Å². The lowest BCUT2D eigenvalue weighted by atomic mass is 10.1. The Morgan fingerprint density at radius 2 is 1.91 bits per heavy atom. The van der Waals surface area contributed by atoms with Gasteiger partial charge in [0, 0.05) is 7.26 Å². The number of rotatable bonds is 1. The lowest BCUT2D eigenvalue weighted by Gasteiger charge is -1.98. The van der Waals surface area contributed by atoms with E-state index in [4.69, 9.17) is 1.37 Å². The summed E-state index contributed by atoms with van der Waals surface area (Å²) in [5, 5.41) is 0. The van der Waals surface area contributed by atoms with Gasteiger partial charge in [0.2, 0.25) is 0 Å². The quantitative estimate of drug-likeness (QED) is 0.687. The summed E-state index contributed by atoms with van der Waals surface area (Å²) in [6.45, 7) is 0. The topological polar surface area (TPSA) is 0 Å². The molecule has 0 radical (unpaired) electrons. The van der Waals surface area contributed by atoms with Crippen molar-refractivity contribution in [2.45, 2.75) is 15.5 Å². The van der Waals surface area contributed by atoms with Gasteiger partial charge in [0.25, 0.3) is 0 Å². The molecule has 0 heterocycles. The minimum atomic E-state index is -0.478. The lowest BCUT2D eigenvalue weighted by molar-refractivity contribution is 1.13. The van der Waals surface area contributed by atoms with E-state index in [2.05, 4.69) is 31.9 Å². The third-order valence-electron chi connectivity index (χ3n) is 1.84. The second-order valence-electron chi connectivity index (χ2n) is 2.73. The number of halogens is 2. The van der Waals surface area contributed by atoms with Crippen LogP contribution in [0.25, 0.3) is 0 Å². The van der Waals surface area contributed by atoms with Crippen LogP contribution in [-0.2, 0) is 0 Å². The van der Waals surface area contributed by atoms with Gasteiger partial charge in [-0.25, -0.2) is 0 Å². The monoisotopic (exact) mass is 275 g/mol. The first-order valence-corrected chi connectivity index (χ1v) is 5.08. The highest BCUT2D eigenvalue weighted by molar-refractivity contribution is 9.25. The molecule has 1 aliphatic carbocycles. The molecule has 1 aliphatic rings. The molecule has 0 bridgehead atoms. The van der Waals surface area contributed by atoms with Crippen LogP contribution in [0.5, 0.6) is 0 Å². The Morgan fingerprint density at radius 3 is 2.36 bits per heavy atom. The normalized spacial score (nSPS) is 34.5. The first kappa shape index (κ1) is 6.67. The van der Waals surface area contributed by atoms with Crippen molar-refractivity contribution in [1.82, 2.24) is 0 Å². The Kier molecular flexibility index (Phi) is 1.57. The first-order valence-electron chi connectivity index (χ1n) is 4.00. The number of alkyl halides is 2. The fourth-order valence-corrected chi connectivity index (χ4v) is 2.15. The highest BCUT2D eigenvalue weighted by Gasteiger charge is 2.50. The van der Waals surface area contributed by atoms with E-state index in [1.54, 1.807) is 0 Å². The molecule has 0 amide bonds. The Morgan fingerprint density at radius 1 is 1.36 bits per heavy atom. The van der Waals surface area contributed by atoms with Crippen molar-refractivity contribution in [2.75, 3.05) is 0 Å². The number of hydrogen-bond acceptors (Lipinski definition) is 0. The molecule has 2 heteroatoms. The van der Waals surface area contributed by atoms with Crippen molar-refractivity contribution in [1.29, 1.82) is 0 Å². The van der Waals surface area contributed by atoms with E-state index in [-0.39, 0.29) is 3.23 Å². The molecule has 1 atom stereocenters. The van der Waals surface area contributed by atoms with Crippen molar-refractivity contribution < 1.29 is 1.37 Å². The fraction of sp³-hybridized carbons (Fsp3) is 0.333. The van der Waals surface area contributed by atoms with E-state index in [1.165, 1.54) is 0 Å². The highest BCUT2D eigenvalue weighted by atomic mass is 79.9. The van der Waals surface area contributed by atoms with E-state index in [0.717, 1.165) is 12.0 Å². The molecule has 1 aromatic rings. The Bertz CT molecular complexity index is 297. The first-order chi connectivity index (χ1) is 5.56. The van der Waals surface area contributed by atoms with Gasteiger partial charge in [-0.1, -0.05) is 62.2 Å². The molecule has 0 N–H and O–H groups in total. The van der Waals surface area contributed by atoms with Crippen molar-refractivity contribution in [3.63, 3.8) is 0 Å². The van der Waals surface area contributed by atoms with Crippen LogP contribution in [-0.4, -0.2) is 3.23 Å². The minimum Gasteiger partial charge on any atom is -0.0720 e. The van der Waals surface area contributed by atoms with Crippen LogP contribution in [0.4, 0.5) is 0 Å². The van der Waals surface area contributed by atoms with Gasteiger partial charge in [0.15, 0.2) is 0 Å². The van der Waals surface area contributed by atoms with Crippen LogP contribution in [0.3, 0.4) is 0 Å². The lowest BCUT2D eigenvalue weighted by Crippen LogP contribution is -1.86. The summed E-state index contributed by atoms with van der Waals surface area (Å²) in [5.74, 6) is -0.478.